The van der Waals surface area contributed by atoms with Crippen LogP contribution in [0.1, 0.15) is 5.56 Å². The van der Waals surface area contributed by atoms with Crippen LogP contribution in [-0.2, 0) is 6.54 Å². The summed E-state index contributed by atoms with van der Waals surface area (Å²) in [7, 11) is 0. The van der Waals surface area contributed by atoms with Crippen molar-refractivity contribution in [1.29, 1.82) is 0 Å². The Kier molecular flexibility index (Phi) is 4.72. The lowest BCUT2D eigenvalue weighted by Crippen LogP contribution is -2.16. The molecule has 0 fully saturated rings. The number of hydrogen-bond donors (Lipinski definition) is 2. The van der Waals surface area contributed by atoms with E-state index in [2.05, 4.69) is 11.6 Å². The largest absolute Gasteiger partial charge is 0.508 e. The van der Waals surface area contributed by atoms with E-state index in [1.54, 1.807) is 6.07 Å². The summed E-state index contributed by atoms with van der Waals surface area (Å²) in [6.07, 6.45) is 2.08. The Morgan fingerprint density at radius 1 is 1.38 bits per heavy atom. The van der Waals surface area contributed by atoms with E-state index in [9.17, 15) is 5.11 Å². The van der Waals surface area contributed by atoms with Gasteiger partial charge in [0.2, 0.25) is 0 Å². The number of rotatable bonds is 5. The van der Waals surface area contributed by atoms with Gasteiger partial charge in [-0.3, -0.25) is 0 Å². The van der Waals surface area contributed by atoms with Gasteiger partial charge >= 0.3 is 0 Å². The average Bonchev–Trinajstić information content (AvgIpc) is 2.15. The summed E-state index contributed by atoms with van der Waals surface area (Å²) < 4.78 is 0. The molecule has 1 aromatic rings. The van der Waals surface area contributed by atoms with Gasteiger partial charge < -0.3 is 10.4 Å². The van der Waals surface area contributed by atoms with Crippen molar-refractivity contribution in [3.05, 3.63) is 29.8 Å². The summed E-state index contributed by atoms with van der Waals surface area (Å²) >= 11 is 1.82. The van der Waals surface area contributed by atoms with Crippen LogP contribution in [0.5, 0.6) is 5.75 Å². The van der Waals surface area contributed by atoms with E-state index in [-0.39, 0.29) is 0 Å². The fourth-order valence-corrected chi connectivity index (χ4v) is 1.41. The van der Waals surface area contributed by atoms with Crippen LogP contribution in [0.15, 0.2) is 24.3 Å². The number of benzene rings is 1. The zero-order valence-corrected chi connectivity index (χ0v) is 8.60. The van der Waals surface area contributed by atoms with E-state index in [0.717, 1.165) is 24.4 Å². The van der Waals surface area contributed by atoms with Crippen LogP contribution in [0.3, 0.4) is 0 Å². The van der Waals surface area contributed by atoms with Crippen LogP contribution in [-0.4, -0.2) is 23.7 Å². The van der Waals surface area contributed by atoms with Crippen LogP contribution in [0.4, 0.5) is 0 Å². The summed E-state index contributed by atoms with van der Waals surface area (Å²) in [5, 5.41) is 12.7. The van der Waals surface area contributed by atoms with E-state index < -0.39 is 0 Å². The summed E-state index contributed by atoms with van der Waals surface area (Å²) in [5.74, 6) is 1.48. The number of aromatic hydroxyl groups is 1. The Bertz CT molecular complexity index is 252. The van der Waals surface area contributed by atoms with Crippen molar-refractivity contribution < 1.29 is 5.11 Å². The van der Waals surface area contributed by atoms with Gasteiger partial charge in [0.1, 0.15) is 5.75 Å². The van der Waals surface area contributed by atoms with Gasteiger partial charge in [-0.1, -0.05) is 18.2 Å². The van der Waals surface area contributed by atoms with Crippen LogP contribution in [0.2, 0.25) is 0 Å². The molecule has 0 bridgehead atoms. The van der Waals surface area contributed by atoms with Crippen molar-refractivity contribution in [3.8, 4) is 5.75 Å². The SMILES string of the molecule is CSCCNCc1ccccc1O. The fourth-order valence-electron chi connectivity index (χ4n) is 1.06. The highest BCUT2D eigenvalue weighted by atomic mass is 32.2. The lowest BCUT2D eigenvalue weighted by molar-refractivity contribution is 0.465. The number of phenolic OH excluding ortho intramolecular Hbond substituents is 1. The minimum Gasteiger partial charge on any atom is -0.508 e. The van der Waals surface area contributed by atoms with Crippen molar-refractivity contribution in [2.45, 2.75) is 6.54 Å². The molecule has 13 heavy (non-hydrogen) atoms. The predicted molar refractivity (Wildman–Crippen MR) is 58.2 cm³/mol. The van der Waals surface area contributed by atoms with E-state index in [1.807, 2.05) is 30.0 Å². The molecule has 2 N–H and O–H groups in total. The molecule has 0 aromatic heterocycles. The Morgan fingerprint density at radius 3 is 2.85 bits per heavy atom. The molecule has 0 heterocycles. The highest BCUT2D eigenvalue weighted by molar-refractivity contribution is 7.98. The van der Waals surface area contributed by atoms with Crippen molar-refractivity contribution in [3.63, 3.8) is 0 Å². The molecule has 0 saturated carbocycles. The van der Waals surface area contributed by atoms with E-state index >= 15 is 0 Å². The van der Waals surface area contributed by atoms with Crippen LogP contribution >= 0.6 is 11.8 Å². The van der Waals surface area contributed by atoms with Crippen molar-refractivity contribution in [1.82, 2.24) is 5.32 Å². The van der Waals surface area contributed by atoms with Gasteiger partial charge in [-0.25, -0.2) is 0 Å². The third-order valence-electron chi connectivity index (χ3n) is 1.79. The first kappa shape index (κ1) is 10.4. The number of phenols is 1. The number of para-hydroxylation sites is 1. The van der Waals surface area contributed by atoms with Crippen LogP contribution in [0, 0.1) is 0 Å². The molecule has 1 rings (SSSR count). The van der Waals surface area contributed by atoms with Gasteiger partial charge in [-0.15, -0.1) is 0 Å². The third-order valence-corrected chi connectivity index (χ3v) is 2.40. The highest BCUT2D eigenvalue weighted by Crippen LogP contribution is 2.14. The van der Waals surface area contributed by atoms with Crippen molar-refractivity contribution >= 4 is 11.8 Å². The molecular weight excluding hydrogens is 182 g/mol. The molecule has 0 aliphatic rings. The number of thioether (sulfide) groups is 1. The molecule has 0 radical (unpaired) electrons. The molecule has 3 heteroatoms. The molecule has 0 aliphatic carbocycles. The Hall–Kier alpha value is -0.670. The molecule has 1 aromatic carbocycles. The number of hydrogen-bond acceptors (Lipinski definition) is 3. The molecular formula is C10H15NOS. The molecule has 0 saturated heterocycles. The van der Waals surface area contributed by atoms with Gasteiger partial charge in [-0.05, 0) is 12.3 Å². The monoisotopic (exact) mass is 197 g/mol. The minimum absolute atomic E-state index is 0.374. The first-order chi connectivity index (χ1) is 6.34. The van der Waals surface area contributed by atoms with Gasteiger partial charge in [-0.2, -0.15) is 11.8 Å². The van der Waals surface area contributed by atoms with Crippen LogP contribution < -0.4 is 5.32 Å². The standard InChI is InChI=1S/C10H15NOS/c1-13-7-6-11-8-9-4-2-3-5-10(9)12/h2-5,11-12H,6-8H2,1H3. The van der Waals surface area contributed by atoms with Gasteiger partial charge in [0.05, 0.1) is 0 Å². The van der Waals surface area contributed by atoms with E-state index in [0.29, 0.717) is 5.75 Å². The maximum absolute atomic E-state index is 9.42. The highest BCUT2D eigenvalue weighted by Gasteiger charge is 1.97. The lowest BCUT2D eigenvalue weighted by Gasteiger charge is -2.05. The zero-order valence-electron chi connectivity index (χ0n) is 7.79. The van der Waals surface area contributed by atoms with Crippen LogP contribution in [0.25, 0.3) is 0 Å². The first-order valence-electron chi connectivity index (χ1n) is 4.31. The molecule has 0 spiro atoms. The van der Waals surface area contributed by atoms with Gasteiger partial charge in [0.25, 0.3) is 0 Å². The molecule has 2 nitrogen and oxygen atoms in total. The Morgan fingerprint density at radius 2 is 2.15 bits per heavy atom. The molecule has 0 amide bonds. The summed E-state index contributed by atoms with van der Waals surface area (Å²) in [6.45, 7) is 1.72. The molecule has 72 valence electrons. The van der Waals surface area contributed by atoms with Gasteiger partial charge in [0.15, 0.2) is 0 Å². The summed E-state index contributed by atoms with van der Waals surface area (Å²) in [4.78, 5) is 0. The molecule has 0 unspecified atom stereocenters. The fraction of sp³-hybridized carbons (Fsp3) is 0.400. The maximum atomic E-state index is 9.42. The van der Waals surface area contributed by atoms with Crippen molar-refractivity contribution in [2.24, 2.45) is 0 Å². The second-order valence-electron chi connectivity index (χ2n) is 2.80. The van der Waals surface area contributed by atoms with Crippen molar-refractivity contribution in [2.75, 3.05) is 18.6 Å². The maximum Gasteiger partial charge on any atom is 0.120 e. The quantitative estimate of drug-likeness (QED) is 0.706. The summed E-state index contributed by atoms with van der Waals surface area (Å²) in [5.41, 5.74) is 0.962. The summed E-state index contributed by atoms with van der Waals surface area (Å²) in [6, 6.07) is 7.42. The van der Waals surface area contributed by atoms with E-state index in [4.69, 9.17) is 0 Å². The van der Waals surface area contributed by atoms with E-state index in [1.165, 1.54) is 0 Å². The first-order valence-corrected chi connectivity index (χ1v) is 5.70. The lowest BCUT2D eigenvalue weighted by atomic mass is 10.2. The smallest absolute Gasteiger partial charge is 0.120 e. The second-order valence-corrected chi connectivity index (χ2v) is 3.78. The molecule has 0 aliphatic heterocycles. The second kappa shape index (κ2) is 5.89. The average molecular weight is 197 g/mol. The Balaban J connectivity index is 2.32. The Labute approximate surface area is 83.4 Å². The topological polar surface area (TPSA) is 32.3 Å². The molecule has 0 atom stereocenters. The minimum atomic E-state index is 0.374. The third kappa shape index (κ3) is 3.70. The zero-order chi connectivity index (χ0) is 9.52. The number of nitrogens with one attached hydrogen (secondary N) is 1. The predicted octanol–water partition coefficient (Wildman–Crippen LogP) is 1.84. The van der Waals surface area contributed by atoms with Gasteiger partial charge in [0, 0.05) is 24.4 Å². The normalized spacial score (nSPS) is 10.2.